The van der Waals surface area contributed by atoms with Crippen molar-refractivity contribution in [3.63, 3.8) is 0 Å². The molecule has 6 nitrogen and oxygen atoms in total. The number of ether oxygens (including phenoxy) is 1. The van der Waals surface area contributed by atoms with Gasteiger partial charge in [0.2, 0.25) is 0 Å². The van der Waals surface area contributed by atoms with E-state index in [1.54, 1.807) is 10.8 Å². The zero-order chi connectivity index (χ0) is 17.5. The summed E-state index contributed by atoms with van der Waals surface area (Å²) in [7, 11) is -5.70. The molecule has 132 valence electrons. The minimum absolute atomic E-state index is 0.00638. The largest absolute Gasteiger partial charge is 0.534 e. The Kier molecular flexibility index (Phi) is 4.20. The fourth-order valence-electron chi connectivity index (χ4n) is 2.36. The monoisotopic (exact) mass is 365 g/mol. The van der Waals surface area contributed by atoms with E-state index in [9.17, 15) is 26.4 Å². The summed E-state index contributed by atoms with van der Waals surface area (Å²) in [6, 6.07) is 2.99. The van der Waals surface area contributed by atoms with Crippen molar-refractivity contribution in [3.8, 4) is 0 Å². The molecule has 1 aliphatic carbocycles. The van der Waals surface area contributed by atoms with Crippen LogP contribution >= 0.6 is 0 Å². The first-order chi connectivity index (χ1) is 11.2. The van der Waals surface area contributed by atoms with Gasteiger partial charge in [0, 0.05) is 30.3 Å². The minimum Gasteiger partial charge on any atom is -0.381 e. The smallest absolute Gasteiger partial charge is 0.381 e. The van der Waals surface area contributed by atoms with Crippen LogP contribution in [-0.2, 0) is 19.0 Å². The topological polar surface area (TPSA) is 74.6 Å². The molecule has 24 heavy (non-hydrogen) atoms. The Morgan fingerprint density at radius 2 is 1.96 bits per heavy atom. The maximum absolute atomic E-state index is 12.4. The van der Waals surface area contributed by atoms with E-state index in [-0.39, 0.29) is 30.4 Å². The Morgan fingerprint density at radius 3 is 2.58 bits per heavy atom. The lowest BCUT2D eigenvalue weighted by Crippen LogP contribution is -2.26. The fourth-order valence-corrected chi connectivity index (χ4v) is 2.88. The van der Waals surface area contributed by atoms with Gasteiger partial charge in [-0.1, -0.05) is 0 Å². The van der Waals surface area contributed by atoms with Crippen LogP contribution < -0.4 is 5.56 Å². The maximum atomic E-state index is 12.4. The summed E-state index contributed by atoms with van der Waals surface area (Å²) in [6.45, 7) is 0.00638. The molecular weight excluding hydrogens is 351 g/mol. The van der Waals surface area contributed by atoms with Crippen molar-refractivity contribution in [3.05, 3.63) is 46.1 Å². The number of aromatic nitrogens is 1. The van der Waals surface area contributed by atoms with E-state index in [4.69, 9.17) is 4.74 Å². The van der Waals surface area contributed by atoms with Crippen molar-refractivity contribution >= 4 is 10.1 Å². The molecule has 1 aromatic heterocycles. The van der Waals surface area contributed by atoms with Crippen molar-refractivity contribution in [2.45, 2.75) is 36.9 Å². The molecule has 1 unspecified atom stereocenters. The standard InChI is InChI=1S/C14H14F3NO5S/c15-14(16,17)24(20,21)23-11-5-6-22-12(7-11)9-1-4-13(19)18(8-9)10-2-3-10/h1,4,7-8,10,12H,2-3,5-6H2. The average Bonchev–Trinajstić information content (AvgIpc) is 3.31. The molecule has 0 bridgehead atoms. The highest BCUT2D eigenvalue weighted by atomic mass is 32.2. The third-order valence-corrected chi connectivity index (χ3v) is 4.71. The predicted octanol–water partition coefficient (Wildman–Crippen LogP) is 2.39. The van der Waals surface area contributed by atoms with Crippen molar-refractivity contribution in [1.82, 2.24) is 4.57 Å². The summed E-state index contributed by atoms with van der Waals surface area (Å²) < 4.78 is 70.5. The Hall–Kier alpha value is -1.81. The Labute approximate surface area is 135 Å². The highest BCUT2D eigenvalue weighted by Gasteiger charge is 2.49. The quantitative estimate of drug-likeness (QED) is 0.605. The van der Waals surface area contributed by atoms with Gasteiger partial charge in [0.25, 0.3) is 5.56 Å². The number of nitrogens with zero attached hydrogens (tertiary/aromatic N) is 1. The molecule has 0 N–H and O–H groups in total. The highest BCUT2D eigenvalue weighted by Crippen LogP contribution is 2.35. The number of hydrogen-bond acceptors (Lipinski definition) is 5. The molecule has 0 amide bonds. The Balaban J connectivity index is 1.85. The van der Waals surface area contributed by atoms with Gasteiger partial charge in [-0.15, -0.1) is 0 Å². The molecule has 1 aromatic rings. The molecule has 2 aliphatic rings. The Morgan fingerprint density at radius 1 is 1.25 bits per heavy atom. The minimum atomic E-state index is -5.70. The first-order valence-electron chi connectivity index (χ1n) is 7.22. The van der Waals surface area contributed by atoms with Crippen LogP contribution in [0.25, 0.3) is 0 Å². The van der Waals surface area contributed by atoms with Gasteiger partial charge in [-0.3, -0.25) is 4.79 Å². The molecule has 0 spiro atoms. The third-order valence-electron chi connectivity index (χ3n) is 3.71. The second-order valence-electron chi connectivity index (χ2n) is 5.60. The van der Waals surface area contributed by atoms with Crippen LogP contribution in [0.15, 0.2) is 35.0 Å². The van der Waals surface area contributed by atoms with Crippen LogP contribution in [0.4, 0.5) is 13.2 Å². The molecular formula is C14H14F3NO5S. The van der Waals surface area contributed by atoms with Gasteiger partial charge in [-0.05, 0) is 25.0 Å². The second-order valence-corrected chi connectivity index (χ2v) is 7.13. The molecule has 2 heterocycles. The summed E-state index contributed by atoms with van der Waals surface area (Å²) in [4.78, 5) is 11.8. The van der Waals surface area contributed by atoms with Crippen molar-refractivity contribution < 1.29 is 30.5 Å². The van der Waals surface area contributed by atoms with Gasteiger partial charge in [-0.2, -0.15) is 21.6 Å². The fraction of sp³-hybridized carbons (Fsp3) is 0.500. The summed E-state index contributed by atoms with van der Waals surface area (Å²) in [5.74, 6) is -0.326. The lowest BCUT2D eigenvalue weighted by Gasteiger charge is -2.23. The number of halogens is 3. The summed E-state index contributed by atoms with van der Waals surface area (Å²) >= 11 is 0. The average molecular weight is 365 g/mol. The van der Waals surface area contributed by atoms with Gasteiger partial charge < -0.3 is 13.5 Å². The van der Waals surface area contributed by atoms with E-state index in [1.807, 2.05) is 0 Å². The van der Waals surface area contributed by atoms with Crippen LogP contribution in [0.3, 0.4) is 0 Å². The van der Waals surface area contributed by atoms with Gasteiger partial charge in [0.05, 0.1) is 6.61 Å². The molecule has 1 fully saturated rings. The molecule has 1 aliphatic heterocycles. The normalized spacial score (nSPS) is 22.1. The predicted molar refractivity (Wildman–Crippen MR) is 76.4 cm³/mol. The first kappa shape index (κ1) is 17.0. The van der Waals surface area contributed by atoms with E-state index in [0.717, 1.165) is 12.8 Å². The number of hydrogen-bond donors (Lipinski definition) is 0. The molecule has 1 saturated carbocycles. The van der Waals surface area contributed by atoms with E-state index in [0.29, 0.717) is 5.56 Å². The van der Waals surface area contributed by atoms with E-state index >= 15 is 0 Å². The first-order valence-corrected chi connectivity index (χ1v) is 8.63. The highest BCUT2D eigenvalue weighted by molar-refractivity contribution is 7.87. The van der Waals surface area contributed by atoms with Crippen LogP contribution in [0, 0.1) is 0 Å². The zero-order valence-corrected chi connectivity index (χ0v) is 13.1. The van der Waals surface area contributed by atoms with Gasteiger partial charge >= 0.3 is 15.6 Å². The van der Waals surface area contributed by atoms with Crippen molar-refractivity contribution in [1.29, 1.82) is 0 Å². The summed E-state index contributed by atoms with van der Waals surface area (Å²) in [5, 5.41) is 0. The zero-order valence-electron chi connectivity index (χ0n) is 12.3. The van der Waals surface area contributed by atoms with E-state index < -0.39 is 21.7 Å². The lowest BCUT2D eigenvalue weighted by atomic mass is 10.1. The Bertz CT molecular complexity index is 824. The third kappa shape index (κ3) is 3.48. The van der Waals surface area contributed by atoms with Gasteiger partial charge in [0.15, 0.2) is 0 Å². The molecule has 0 aromatic carbocycles. The maximum Gasteiger partial charge on any atom is 0.534 e. The number of alkyl halides is 3. The van der Waals surface area contributed by atoms with Gasteiger partial charge in [0.1, 0.15) is 11.9 Å². The number of rotatable bonds is 4. The second kappa shape index (κ2) is 5.92. The molecule has 1 atom stereocenters. The van der Waals surface area contributed by atoms with E-state index in [2.05, 4.69) is 4.18 Å². The van der Waals surface area contributed by atoms with Crippen molar-refractivity contribution in [2.75, 3.05) is 6.61 Å². The molecule has 0 radical (unpaired) electrons. The van der Waals surface area contributed by atoms with Crippen molar-refractivity contribution in [2.24, 2.45) is 0 Å². The number of pyridine rings is 1. The van der Waals surface area contributed by atoms with Crippen LogP contribution in [0.5, 0.6) is 0 Å². The molecule has 3 rings (SSSR count). The molecule has 10 heteroatoms. The SMILES string of the molecule is O=c1ccc(C2C=C(OS(=O)(=O)C(F)(F)F)CCO2)cn1C1CC1. The van der Waals surface area contributed by atoms with Crippen LogP contribution in [0.1, 0.15) is 37.0 Å². The van der Waals surface area contributed by atoms with Crippen LogP contribution in [-0.4, -0.2) is 25.1 Å². The summed E-state index contributed by atoms with van der Waals surface area (Å²) in [5.41, 5.74) is -5.11. The van der Waals surface area contributed by atoms with E-state index in [1.165, 1.54) is 18.2 Å². The lowest BCUT2D eigenvalue weighted by molar-refractivity contribution is -0.0530. The van der Waals surface area contributed by atoms with Crippen LogP contribution in [0.2, 0.25) is 0 Å². The van der Waals surface area contributed by atoms with Gasteiger partial charge in [-0.25, -0.2) is 0 Å². The summed E-state index contributed by atoms with van der Waals surface area (Å²) in [6.07, 6.45) is 3.69. The molecule has 0 saturated heterocycles.